The third kappa shape index (κ3) is 2.36. The second kappa shape index (κ2) is 5.11. The molecule has 1 aliphatic heterocycles. The Labute approximate surface area is 106 Å². The Morgan fingerprint density at radius 2 is 2.56 bits per heavy atom. The van der Waals surface area contributed by atoms with Crippen molar-refractivity contribution in [1.29, 1.82) is 0 Å². The molecule has 6 nitrogen and oxygen atoms in total. The highest BCUT2D eigenvalue weighted by Gasteiger charge is 2.22. The second-order valence-corrected chi connectivity index (χ2v) is 4.57. The van der Waals surface area contributed by atoms with Gasteiger partial charge in [0.05, 0.1) is 25.6 Å². The van der Waals surface area contributed by atoms with Gasteiger partial charge in [-0.05, 0) is 22.6 Å². The molecule has 2 N–H and O–H groups in total. The Morgan fingerprint density at radius 3 is 3.31 bits per heavy atom. The fourth-order valence-electron chi connectivity index (χ4n) is 1.62. The summed E-state index contributed by atoms with van der Waals surface area (Å²) in [6.45, 7) is 1.76. The van der Waals surface area contributed by atoms with Crippen LogP contribution in [0.15, 0.2) is 11.1 Å². The SMILES string of the molecule is O=c1[nH]cnc(N2CCOC(CO)C2)c1I. The first-order valence-corrected chi connectivity index (χ1v) is 6.01. The molecule has 16 heavy (non-hydrogen) atoms. The predicted molar refractivity (Wildman–Crippen MR) is 66.6 cm³/mol. The van der Waals surface area contributed by atoms with Gasteiger partial charge in [0.1, 0.15) is 9.39 Å². The molecule has 1 aliphatic rings. The molecule has 1 fully saturated rings. The summed E-state index contributed by atoms with van der Waals surface area (Å²) in [5, 5.41) is 9.04. The Hall–Kier alpha value is -0.670. The molecule has 0 bridgehead atoms. The van der Waals surface area contributed by atoms with E-state index in [1.807, 2.05) is 27.5 Å². The Balaban J connectivity index is 2.23. The maximum atomic E-state index is 11.4. The number of ether oxygens (including phenoxy) is 1. The molecule has 0 spiro atoms. The van der Waals surface area contributed by atoms with Crippen LogP contribution < -0.4 is 10.5 Å². The van der Waals surface area contributed by atoms with Crippen LogP contribution in [0, 0.1) is 3.57 Å². The van der Waals surface area contributed by atoms with Crippen LogP contribution in [-0.2, 0) is 4.74 Å². The summed E-state index contributed by atoms with van der Waals surface area (Å²) >= 11 is 1.98. The van der Waals surface area contributed by atoms with Gasteiger partial charge in [-0.25, -0.2) is 4.98 Å². The van der Waals surface area contributed by atoms with Crippen LogP contribution in [0.2, 0.25) is 0 Å². The molecule has 7 heteroatoms. The van der Waals surface area contributed by atoms with Gasteiger partial charge in [0.2, 0.25) is 0 Å². The highest BCUT2D eigenvalue weighted by atomic mass is 127. The first-order valence-electron chi connectivity index (χ1n) is 4.93. The number of hydrogen-bond acceptors (Lipinski definition) is 5. The summed E-state index contributed by atoms with van der Waals surface area (Å²) < 4.78 is 5.91. The molecule has 1 unspecified atom stereocenters. The zero-order valence-corrected chi connectivity index (χ0v) is 10.7. The van der Waals surface area contributed by atoms with Gasteiger partial charge < -0.3 is 19.7 Å². The summed E-state index contributed by atoms with van der Waals surface area (Å²) in [6, 6.07) is 0. The van der Waals surface area contributed by atoms with E-state index in [9.17, 15) is 4.79 Å². The summed E-state index contributed by atoms with van der Waals surface area (Å²) in [4.78, 5) is 20.1. The van der Waals surface area contributed by atoms with Crippen LogP contribution in [0.3, 0.4) is 0 Å². The van der Waals surface area contributed by atoms with Crippen LogP contribution in [0.1, 0.15) is 0 Å². The number of nitrogens with zero attached hydrogens (tertiary/aromatic N) is 2. The van der Waals surface area contributed by atoms with E-state index in [4.69, 9.17) is 9.84 Å². The lowest BCUT2D eigenvalue weighted by Crippen LogP contribution is -2.45. The normalized spacial score (nSPS) is 21.1. The molecule has 2 heterocycles. The van der Waals surface area contributed by atoms with Gasteiger partial charge in [-0.2, -0.15) is 0 Å². The third-order valence-corrected chi connectivity index (χ3v) is 3.39. The van der Waals surface area contributed by atoms with Crippen LogP contribution in [0.5, 0.6) is 0 Å². The van der Waals surface area contributed by atoms with Gasteiger partial charge in [-0.3, -0.25) is 4.79 Å². The van der Waals surface area contributed by atoms with E-state index in [1.54, 1.807) is 0 Å². The van der Waals surface area contributed by atoms with Gasteiger partial charge in [-0.1, -0.05) is 0 Å². The van der Waals surface area contributed by atoms with E-state index in [1.165, 1.54) is 6.33 Å². The number of aliphatic hydroxyl groups excluding tert-OH is 1. The number of aliphatic hydroxyl groups is 1. The molecule has 88 valence electrons. The second-order valence-electron chi connectivity index (χ2n) is 3.49. The number of aromatic nitrogens is 2. The lowest BCUT2D eigenvalue weighted by atomic mass is 10.3. The van der Waals surface area contributed by atoms with Gasteiger partial charge in [0.15, 0.2) is 0 Å². The molecule has 1 aromatic rings. The van der Waals surface area contributed by atoms with Crippen molar-refractivity contribution in [2.45, 2.75) is 6.10 Å². The molecule has 2 rings (SSSR count). The monoisotopic (exact) mass is 337 g/mol. The molecule has 1 saturated heterocycles. The van der Waals surface area contributed by atoms with Crippen LogP contribution in [0.25, 0.3) is 0 Å². The van der Waals surface area contributed by atoms with Gasteiger partial charge in [0.25, 0.3) is 5.56 Å². The van der Waals surface area contributed by atoms with Crippen molar-refractivity contribution in [1.82, 2.24) is 9.97 Å². The van der Waals surface area contributed by atoms with E-state index in [2.05, 4.69) is 9.97 Å². The number of morpholine rings is 1. The first-order chi connectivity index (χ1) is 7.72. The van der Waals surface area contributed by atoms with E-state index in [0.29, 0.717) is 29.1 Å². The minimum atomic E-state index is -0.203. The molecule has 0 aromatic carbocycles. The van der Waals surface area contributed by atoms with Crippen molar-refractivity contribution in [3.63, 3.8) is 0 Å². The summed E-state index contributed by atoms with van der Waals surface area (Å²) in [7, 11) is 0. The number of hydrogen-bond donors (Lipinski definition) is 2. The summed E-state index contributed by atoms with van der Waals surface area (Å²) in [5.74, 6) is 0.658. The number of nitrogens with one attached hydrogen (secondary N) is 1. The topological polar surface area (TPSA) is 78.5 Å². The molecule has 0 saturated carbocycles. The molecule has 1 atom stereocenters. The van der Waals surface area contributed by atoms with Crippen molar-refractivity contribution < 1.29 is 9.84 Å². The Kier molecular flexibility index (Phi) is 3.77. The van der Waals surface area contributed by atoms with Crippen LogP contribution in [0.4, 0.5) is 5.82 Å². The molecule has 1 aromatic heterocycles. The molecule has 0 radical (unpaired) electrons. The first kappa shape index (κ1) is 11.8. The van der Waals surface area contributed by atoms with E-state index >= 15 is 0 Å². The number of halogens is 1. The maximum Gasteiger partial charge on any atom is 0.266 e. The van der Waals surface area contributed by atoms with E-state index < -0.39 is 0 Å². The van der Waals surface area contributed by atoms with Crippen molar-refractivity contribution in [3.05, 3.63) is 20.3 Å². The van der Waals surface area contributed by atoms with Gasteiger partial charge >= 0.3 is 0 Å². The maximum absolute atomic E-state index is 11.4. The average Bonchev–Trinajstić information content (AvgIpc) is 2.33. The Bertz CT molecular complexity index is 423. The highest BCUT2D eigenvalue weighted by Crippen LogP contribution is 2.18. The molecule has 0 amide bonds. The molecular weight excluding hydrogens is 325 g/mol. The molecular formula is C9H12IN3O3. The van der Waals surface area contributed by atoms with Gasteiger partial charge in [0, 0.05) is 13.1 Å². The van der Waals surface area contributed by atoms with Gasteiger partial charge in [-0.15, -0.1) is 0 Å². The minimum Gasteiger partial charge on any atom is -0.394 e. The number of aromatic amines is 1. The van der Waals surface area contributed by atoms with Crippen molar-refractivity contribution >= 4 is 28.4 Å². The van der Waals surface area contributed by atoms with Crippen molar-refractivity contribution in [2.24, 2.45) is 0 Å². The summed E-state index contributed by atoms with van der Waals surface area (Å²) in [6.07, 6.45) is 1.19. The van der Waals surface area contributed by atoms with Crippen LogP contribution >= 0.6 is 22.6 Å². The van der Waals surface area contributed by atoms with E-state index in [0.717, 1.165) is 0 Å². The zero-order chi connectivity index (χ0) is 11.5. The zero-order valence-electron chi connectivity index (χ0n) is 8.52. The fourth-order valence-corrected chi connectivity index (χ4v) is 2.25. The minimum absolute atomic E-state index is 0.0176. The standard InChI is InChI=1S/C9H12IN3O3/c10-7-8(11-5-12-9(7)15)13-1-2-16-6(3-13)4-14/h5-6,14H,1-4H2,(H,11,12,15). The third-order valence-electron chi connectivity index (χ3n) is 2.42. The number of H-pyrrole nitrogens is 1. The quantitative estimate of drug-likeness (QED) is 0.717. The average molecular weight is 337 g/mol. The smallest absolute Gasteiger partial charge is 0.266 e. The highest BCUT2D eigenvalue weighted by molar-refractivity contribution is 14.1. The fraction of sp³-hybridized carbons (Fsp3) is 0.556. The lowest BCUT2D eigenvalue weighted by Gasteiger charge is -2.33. The number of anilines is 1. The number of rotatable bonds is 2. The predicted octanol–water partition coefficient (Wildman–Crippen LogP) is -0.428. The van der Waals surface area contributed by atoms with Crippen molar-refractivity contribution in [3.8, 4) is 0 Å². The largest absolute Gasteiger partial charge is 0.394 e. The van der Waals surface area contributed by atoms with E-state index in [-0.39, 0.29) is 18.3 Å². The lowest BCUT2D eigenvalue weighted by molar-refractivity contribution is 0.00331. The van der Waals surface area contributed by atoms with Crippen LogP contribution in [-0.4, -0.2) is 47.5 Å². The molecule has 0 aliphatic carbocycles. The summed E-state index contributed by atoms with van der Waals surface area (Å²) in [5.41, 5.74) is -0.141. The Morgan fingerprint density at radius 1 is 1.75 bits per heavy atom. The van der Waals surface area contributed by atoms with Crippen molar-refractivity contribution in [2.75, 3.05) is 31.2 Å².